The van der Waals surface area contributed by atoms with E-state index in [1.54, 1.807) is 13.0 Å². The Morgan fingerprint density at radius 2 is 2.05 bits per heavy atom. The van der Waals surface area contributed by atoms with Gasteiger partial charge in [0.2, 0.25) is 0 Å². The second-order valence-corrected chi connectivity index (χ2v) is 4.74. The Kier molecular flexibility index (Phi) is 6.92. The molecule has 1 aliphatic carbocycles. The summed E-state index contributed by atoms with van der Waals surface area (Å²) < 4.78 is 30.0. The molecule has 0 fully saturated rings. The van der Waals surface area contributed by atoms with E-state index < -0.39 is 18.5 Å². The first-order chi connectivity index (χ1) is 10.4. The molecule has 2 rings (SSSR count). The molecule has 3 nitrogen and oxygen atoms in total. The third kappa shape index (κ3) is 5.77. The molecular weight excluding hydrogens is 290 g/mol. The molecule has 0 atom stereocenters. The van der Waals surface area contributed by atoms with Crippen molar-refractivity contribution in [3.05, 3.63) is 53.6 Å². The molecule has 22 heavy (non-hydrogen) atoms. The van der Waals surface area contributed by atoms with Crippen molar-refractivity contribution in [1.82, 2.24) is 0 Å². The number of alkyl halides is 2. The van der Waals surface area contributed by atoms with Crippen molar-refractivity contribution < 1.29 is 23.4 Å². The van der Waals surface area contributed by atoms with Crippen LogP contribution < -0.4 is 0 Å². The van der Waals surface area contributed by atoms with E-state index >= 15 is 0 Å². The van der Waals surface area contributed by atoms with E-state index in [-0.39, 0.29) is 6.42 Å². The van der Waals surface area contributed by atoms with Gasteiger partial charge in [-0.2, -0.15) is 0 Å². The maximum Gasteiger partial charge on any atom is 0.331 e. The Labute approximate surface area is 128 Å². The van der Waals surface area contributed by atoms with Gasteiger partial charge in [0.15, 0.2) is 0 Å². The highest BCUT2D eigenvalue weighted by atomic mass is 19.3. The number of aliphatic hydroxyl groups excluding tert-OH is 1. The van der Waals surface area contributed by atoms with E-state index in [0.717, 1.165) is 22.8 Å². The van der Waals surface area contributed by atoms with Gasteiger partial charge in [-0.25, -0.2) is 13.6 Å². The van der Waals surface area contributed by atoms with Gasteiger partial charge in [0.1, 0.15) is 6.61 Å². The number of aliphatic hydroxyl groups is 1. The second kappa shape index (κ2) is 8.44. The van der Waals surface area contributed by atoms with Crippen LogP contribution in [0.2, 0.25) is 0 Å². The first-order valence-electron chi connectivity index (χ1n) is 6.99. The van der Waals surface area contributed by atoms with E-state index in [4.69, 9.17) is 5.11 Å². The zero-order valence-corrected chi connectivity index (χ0v) is 12.7. The molecule has 0 aromatic heterocycles. The van der Waals surface area contributed by atoms with Crippen LogP contribution in [0.1, 0.15) is 24.5 Å². The summed E-state index contributed by atoms with van der Waals surface area (Å²) in [6.07, 6.45) is 3.89. The Balaban J connectivity index is 0.000000295. The lowest BCUT2D eigenvalue weighted by Crippen LogP contribution is -2.13. The van der Waals surface area contributed by atoms with Crippen LogP contribution in [0.5, 0.6) is 0 Å². The first kappa shape index (κ1) is 18.0. The zero-order valence-electron chi connectivity index (χ0n) is 12.7. The number of allylic oxidation sites excluding steroid dienone is 4. The number of benzene rings is 1. The Morgan fingerprint density at radius 1 is 1.36 bits per heavy atom. The highest BCUT2D eigenvalue weighted by molar-refractivity contribution is 5.77. The van der Waals surface area contributed by atoms with Gasteiger partial charge in [-0.05, 0) is 36.6 Å². The maximum atomic E-state index is 12.9. The number of hydrogen-bond acceptors (Lipinski definition) is 3. The van der Waals surface area contributed by atoms with Gasteiger partial charge in [0.25, 0.3) is 5.92 Å². The molecule has 5 heteroatoms. The van der Waals surface area contributed by atoms with Gasteiger partial charge in [-0.15, -0.1) is 0 Å². The monoisotopic (exact) mass is 310 g/mol. The number of aryl methyl sites for hydroxylation is 1. The number of ether oxygens (including phenoxy) is 1. The van der Waals surface area contributed by atoms with Crippen LogP contribution in [-0.2, 0) is 9.53 Å². The predicted molar refractivity (Wildman–Crippen MR) is 81.6 cm³/mol. The van der Waals surface area contributed by atoms with Crippen molar-refractivity contribution in [2.24, 2.45) is 0 Å². The van der Waals surface area contributed by atoms with Crippen molar-refractivity contribution >= 4 is 11.5 Å². The molecule has 0 spiro atoms. The summed E-state index contributed by atoms with van der Waals surface area (Å²) in [5.74, 6) is -3.24. The summed E-state index contributed by atoms with van der Waals surface area (Å²) in [5.41, 5.74) is 3.03. The zero-order chi connectivity index (χ0) is 16.6. The lowest BCUT2D eigenvalue weighted by molar-refractivity contribution is -0.146. The van der Waals surface area contributed by atoms with Crippen molar-refractivity contribution in [3.63, 3.8) is 0 Å². The van der Waals surface area contributed by atoms with Crippen LogP contribution in [0.25, 0.3) is 5.57 Å². The summed E-state index contributed by atoms with van der Waals surface area (Å²) >= 11 is 0. The summed E-state index contributed by atoms with van der Waals surface area (Å²) in [5, 5.41) is 7.99. The third-order valence-electron chi connectivity index (χ3n) is 2.99. The molecule has 0 saturated heterocycles. The van der Waals surface area contributed by atoms with Gasteiger partial charge in [-0.1, -0.05) is 36.4 Å². The highest BCUT2D eigenvalue weighted by Crippen LogP contribution is 2.31. The van der Waals surface area contributed by atoms with E-state index in [1.165, 1.54) is 6.08 Å². The molecule has 1 aromatic rings. The fraction of sp³-hybridized carbons (Fsp3) is 0.353. The Bertz CT molecular complexity index is 563. The number of rotatable bonds is 3. The van der Waals surface area contributed by atoms with Gasteiger partial charge in [-0.3, -0.25) is 0 Å². The topological polar surface area (TPSA) is 46.5 Å². The SMILES string of the molecule is CCOC(=O)CO.Cc1ccccc1C1=CCC(F)(F)C=C1. The van der Waals surface area contributed by atoms with E-state index in [1.807, 2.05) is 31.2 Å². The fourth-order valence-electron chi connectivity index (χ4n) is 1.90. The van der Waals surface area contributed by atoms with E-state index in [9.17, 15) is 13.6 Å². The summed E-state index contributed by atoms with van der Waals surface area (Å²) in [4.78, 5) is 9.94. The molecule has 0 aliphatic heterocycles. The molecule has 1 aromatic carbocycles. The molecule has 0 amide bonds. The maximum absolute atomic E-state index is 12.9. The summed E-state index contributed by atoms with van der Waals surface area (Å²) in [6.45, 7) is 3.48. The van der Waals surface area contributed by atoms with E-state index in [2.05, 4.69) is 4.74 Å². The Morgan fingerprint density at radius 3 is 2.50 bits per heavy atom. The highest BCUT2D eigenvalue weighted by Gasteiger charge is 2.26. The number of halogens is 2. The largest absolute Gasteiger partial charge is 0.464 e. The Hall–Kier alpha value is -2.01. The standard InChI is InChI=1S/C13H12F2.C4H8O3/c1-10-4-2-3-5-12(10)11-6-8-13(14,15)9-7-11;1-2-7-4(6)3-5/h2-8H,9H2,1H3;5H,2-3H2,1H3. The molecule has 0 saturated carbocycles. The van der Waals surface area contributed by atoms with Crippen LogP contribution in [0.4, 0.5) is 8.78 Å². The minimum Gasteiger partial charge on any atom is -0.464 e. The fourth-order valence-corrected chi connectivity index (χ4v) is 1.90. The molecule has 120 valence electrons. The van der Waals surface area contributed by atoms with Gasteiger partial charge in [0, 0.05) is 6.42 Å². The molecule has 1 aliphatic rings. The quantitative estimate of drug-likeness (QED) is 0.869. The molecule has 1 N–H and O–H groups in total. The number of esters is 1. The molecule has 0 radical (unpaired) electrons. The first-order valence-corrected chi connectivity index (χ1v) is 6.99. The van der Waals surface area contributed by atoms with Crippen molar-refractivity contribution in [3.8, 4) is 0 Å². The minimum atomic E-state index is -2.67. The molecule has 0 heterocycles. The normalized spacial score (nSPS) is 15.4. The lowest BCUT2D eigenvalue weighted by Gasteiger charge is -2.16. The summed E-state index contributed by atoms with van der Waals surface area (Å²) in [7, 11) is 0. The molecule has 0 unspecified atom stereocenters. The summed E-state index contributed by atoms with van der Waals surface area (Å²) in [6, 6.07) is 7.80. The van der Waals surface area contributed by atoms with Gasteiger partial charge in [0.05, 0.1) is 6.61 Å². The number of carbonyl (C=O) groups is 1. The smallest absolute Gasteiger partial charge is 0.331 e. The molecular formula is C17H20F2O3. The second-order valence-electron chi connectivity index (χ2n) is 4.74. The van der Waals surface area contributed by atoms with Crippen LogP contribution in [0.3, 0.4) is 0 Å². The third-order valence-corrected chi connectivity index (χ3v) is 2.99. The number of carbonyl (C=O) groups excluding carboxylic acids is 1. The van der Waals surface area contributed by atoms with Crippen LogP contribution in [0.15, 0.2) is 42.5 Å². The van der Waals surface area contributed by atoms with Crippen LogP contribution >= 0.6 is 0 Å². The van der Waals surface area contributed by atoms with Crippen molar-refractivity contribution in [2.75, 3.05) is 13.2 Å². The average Bonchev–Trinajstić information content (AvgIpc) is 2.49. The molecule has 0 bridgehead atoms. The lowest BCUT2D eigenvalue weighted by atomic mass is 9.95. The average molecular weight is 310 g/mol. The minimum absolute atomic E-state index is 0.201. The van der Waals surface area contributed by atoms with E-state index in [0.29, 0.717) is 6.61 Å². The van der Waals surface area contributed by atoms with Gasteiger partial charge < -0.3 is 9.84 Å². The van der Waals surface area contributed by atoms with Crippen molar-refractivity contribution in [1.29, 1.82) is 0 Å². The van der Waals surface area contributed by atoms with Crippen molar-refractivity contribution in [2.45, 2.75) is 26.2 Å². The van der Waals surface area contributed by atoms with Crippen LogP contribution in [0, 0.1) is 6.92 Å². The van der Waals surface area contributed by atoms with Gasteiger partial charge >= 0.3 is 5.97 Å². The number of hydrogen-bond donors (Lipinski definition) is 1. The predicted octanol–water partition coefficient (Wildman–Crippen LogP) is 3.52. The van der Waals surface area contributed by atoms with Crippen LogP contribution in [-0.4, -0.2) is 30.2 Å².